The van der Waals surface area contributed by atoms with Gasteiger partial charge in [0, 0.05) is 30.7 Å². The predicted molar refractivity (Wildman–Crippen MR) is 169 cm³/mol. The number of anilines is 4. The van der Waals surface area contributed by atoms with Crippen LogP contribution >= 0.6 is 0 Å². The monoisotopic (exact) mass is 643 g/mol. The molecule has 250 valence electrons. The van der Waals surface area contributed by atoms with Crippen LogP contribution in [-0.2, 0) is 9.53 Å². The second kappa shape index (κ2) is 13.2. The lowest BCUT2D eigenvalue weighted by atomic mass is 9.91. The molecule has 1 aromatic carbocycles. The molecule has 3 N–H and O–H groups in total. The number of ether oxygens (including phenoxy) is 2. The number of nitrogens with one attached hydrogen (secondary N) is 3. The first-order valence-corrected chi connectivity index (χ1v) is 15.8. The first kappa shape index (κ1) is 33.1. The summed E-state index contributed by atoms with van der Waals surface area (Å²) in [6.07, 6.45) is 7.12. The molecule has 0 spiro atoms. The predicted octanol–water partition coefficient (Wildman–Crippen LogP) is 5.16. The average molecular weight is 644 g/mol. The lowest BCUT2D eigenvalue weighted by Crippen LogP contribution is -2.48. The number of carbonyl (C=O) groups is 3. The fourth-order valence-electron chi connectivity index (χ4n) is 6.29. The Morgan fingerprint density at radius 3 is 2.30 bits per heavy atom. The maximum atomic E-state index is 14.9. The normalized spacial score (nSPS) is 21.7. The molecule has 2 fully saturated rings. The number of carbonyl (C=O) groups excluding carboxylic acids is 3. The highest BCUT2D eigenvalue weighted by Gasteiger charge is 2.48. The molecule has 14 heteroatoms. The van der Waals surface area contributed by atoms with E-state index in [1.165, 1.54) is 20.4 Å². The fourth-order valence-corrected chi connectivity index (χ4v) is 6.29. The molecule has 2 heterocycles. The van der Waals surface area contributed by atoms with Crippen molar-refractivity contribution in [1.82, 2.24) is 20.6 Å². The van der Waals surface area contributed by atoms with Crippen molar-refractivity contribution in [3.8, 4) is 5.75 Å². The molecular formula is C32H43F2N7O5. The van der Waals surface area contributed by atoms with Crippen molar-refractivity contribution in [2.45, 2.75) is 102 Å². The Balaban J connectivity index is 1.26. The van der Waals surface area contributed by atoms with Crippen molar-refractivity contribution >= 4 is 41.0 Å². The number of fused-ring (bicyclic) bond motifs is 1. The summed E-state index contributed by atoms with van der Waals surface area (Å²) in [6, 6.07) is 4.72. The van der Waals surface area contributed by atoms with Gasteiger partial charge in [-0.05, 0) is 77.5 Å². The number of benzene rings is 1. The van der Waals surface area contributed by atoms with Gasteiger partial charge >= 0.3 is 12.0 Å². The highest BCUT2D eigenvalue weighted by atomic mass is 19.3. The van der Waals surface area contributed by atoms with E-state index in [1.807, 2.05) is 20.8 Å². The number of hydrogen-bond acceptors (Lipinski definition) is 9. The molecule has 2 aliphatic carbocycles. The highest BCUT2D eigenvalue weighted by Crippen LogP contribution is 2.40. The van der Waals surface area contributed by atoms with E-state index >= 15 is 0 Å². The third-order valence-corrected chi connectivity index (χ3v) is 8.63. The molecule has 2 saturated carbocycles. The summed E-state index contributed by atoms with van der Waals surface area (Å²) in [7, 11) is 2.78. The quantitative estimate of drug-likeness (QED) is 0.374. The minimum atomic E-state index is -3.57. The van der Waals surface area contributed by atoms with Crippen LogP contribution in [0.1, 0.15) is 82.5 Å². The largest absolute Gasteiger partial charge is 0.495 e. The number of amides is 3. The second-order valence-electron chi connectivity index (χ2n) is 13.2. The molecule has 0 bridgehead atoms. The van der Waals surface area contributed by atoms with Crippen LogP contribution in [0.25, 0.3) is 0 Å². The minimum absolute atomic E-state index is 0.00809. The molecule has 5 rings (SSSR count). The molecule has 46 heavy (non-hydrogen) atoms. The highest BCUT2D eigenvalue weighted by molar-refractivity contribution is 6.02. The molecule has 1 aromatic heterocycles. The van der Waals surface area contributed by atoms with Gasteiger partial charge < -0.3 is 35.2 Å². The van der Waals surface area contributed by atoms with E-state index in [0.717, 1.165) is 43.4 Å². The van der Waals surface area contributed by atoms with Gasteiger partial charge in [0.05, 0.1) is 25.5 Å². The van der Waals surface area contributed by atoms with Crippen molar-refractivity contribution in [3.63, 3.8) is 0 Å². The van der Waals surface area contributed by atoms with Gasteiger partial charge in [-0.25, -0.2) is 9.78 Å². The van der Waals surface area contributed by atoms with Crippen molar-refractivity contribution in [3.05, 3.63) is 30.0 Å². The van der Waals surface area contributed by atoms with Crippen LogP contribution in [0.3, 0.4) is 0 Å². The third-order valence-electron chi connectivity index (χ3n) is 8.63. The molecular weight excluding hydrogens is 600 g/mol. The standard InChI is InChI=1S/C32H43F2N7O5/c1-31(2,3)46-30(44)37-21-13-11-20(12-14-21)36-27(42)19-10-15-23(25(16-19)45-5)38-29-35-17-24-26(39-29)41(22-8-6-7-9-22)18-32(33,34)28(43)40(24)4/h10,15-17,20-22H,6-9,11-14,18H2,1-5H3,(H,36,42)(H,37,44)(H,35,38,39). The van der Waals surface area contributed by atoms with E-state index in [1.54, 1.807) is 23.1 Å². The number of aromatic nitrogens is 2. The Labute approximate surface area is 267 Å². The first-order chi connectivity index (χ1) is 21.7. The smallest absolute Gasteiger partial charge is 0.407 e. The Hall–Kier alpha value is -4.23. The Bertz CT molecular complexity index is 1450. The summed E-state index contributed by atoms with van der Waals surface area (Å²) in [5.74, 6) is -4.34. The average Bonchev–Trinajstić information content (AvgIpc) is 3.52. The summed E-state index contributed by atoms with van der Waals surface area (Å²) in [5.41, 5.74) is 0.523. The second-order valence-corrected chi connectivity index (χ2v) is 13.2. The van der Waals surface area contributed by atoms with Crippen molar-refractivity contribution in [2.75, 3.05) is 35.8 Å². The third kappa shape index (κ3) is 7.59. The lowest BCUT2D eigenvalue weighted by molar-refractivity contribution is -0.140. The van der Waals surface area contributed by atoms with Crippen LogP contribution in [-0.4, -0.2) is 78.2 Å². The maximum absolute atomic E-state index is 14.9. The van der Waals surface area contributed by atoms with Crippen LogP contribution in [0.2, 0.25) is 0 Å². The molecule has 0 radical (unpaired) electrons. The SMILES string of the molecule is COc1cc(C(=O)NC2CCC(NC(=O)OC(C)(C)C)CC2)ccc1Nc1ncc2c(n1)N(C1CCCC1)CC(F)(F)C(=O)N2C. The van der Waals surface area contributed by atoms with Crippen LogP contribution in [0, 0.1) is 0 Å². The number of alkyl halides is 2. The molecule has 3 amide bonds. The number of halogens is 2. The number of hydrogen-bond donors (Lipinski definition) is 3. The van der Waals surface area contributed by atoms with Crippen LogP contribution in [0.4, 0.5) is 36.7 Å². The zero-order valence-corrected chi connectivity index (χ0v) is 27.0. The zero-order chi connectivity index (χ0) is 33.2. The Morgan fingerprint density at radius 1 is 1.02 bits per heavy atom. The van der Waals surface area contributed by atoms with E-state index in [2.05, 4.69) is 25.9 Å². The van der Waals surface area contributed by atoms with Gasteiger partial charge in [0.2, 0.25) is 5.95 Å². The van der Waals surface area contributed by atoms with Crippen molar-refractivity contribution in [2.24, 2.45) is 0 Å². The minimum Gasteiger partial charge on any atom is -0.495 e. The summed E-state index contributed by atoms with van der Waals surface area (Å²) in [5, 5.41) is 9.07. The van der Waals surface area contributed by atoms with E-state index in [-0.39, 0.29) is 41.5 Å². The van der Waals surface area contributed by atoms with Gasteiger partial charge in [-0.3, -0.25) is 9.59 Å². The summed E-state index contributed by atoms with van der Waals surface area (Å²) < 4.78 is 40.7. The Morgan fingerprint density at radius 2 is 1.67 bits per heavy atom. The van der Waals surface area contributed by atoms with Crippen LogP contribution in [0.5, 0.6) is 5.75 Å². The van der Waals surface area contributed by atoms with Gasteiger partial charge in [0.15, 0.2) is 5.82 Å². The Kier molecular flexibility index (Phi) is 9.54. The van der Waals surface area contributed by atoms with Gasteiger partial charge in [0.1, 0.15) is 17.0 Å². The zero-order valence-electron chi connectivity index (χ0n) is 27.0. The maximum Gasteiger partial charge on any atom is 0.407 e. The number of methoxy groups -OCH3 is 1. The van der Waals surface area contributed by atoms with Gasteiger partial charge in [0.25, 0.3) is 11.8 Å². The van der Waals surface area contributed by atoms with Crippen molar-refractivity contribution < 1.29 is 32.6 Å². The van der Waals surface area contributed by atoms with E-state index < -0.39 is 30.1 Å². The van der Waals surface area contributed by atoms with Crippen LogP contribution < -0.4 is 30.5 Å². The van der Waals surface area contributed by atoms with Gasteiger partial charge in [-0.15, -0.1) is 0 Å². The molecule has 1 aliphatic heterocycles. The van der Waals surface area contributed by atoms with E-state index in [9.17, 15) is 23.2 Å². The van der Waals surface area contributed by atoms with E-state index in [0.29, 0.717) is 29.8 Å². The van der Waals surface area contributed by atoms with E-state index in [4.69, 9.17) is 9.47 Å². The molecule has 3 aliphatic rings. The first-order valence-electron chi connectivity index (χ1n) is 15.8. The molecule has 0 saturated heterocycles. The summed E-state index contributed by atoms with van der Waals surface area (Å²) in [6.45, 7) is 4.70. The van der Waals surface area contributed by atoms with Crippen molar-refractivity contribution in [1.29, 1.82) is 0 Å². The number of rotatable bonds is 7. The topological polar surface area (TPSA) is 138 Å². The molecule has 0 unspecified atom stereocenters. The van der Waals surface area contributed by atoms with Gasteiger partial charge in [-0.2, -0.15) is 13.8 Å². The van der Waals surface area contributed by atoms with Crippen LogP contribution in [0.15, 0.2) is 24.4 Å². The number of alkyl carbamates (subject to hydrolysis) is 1. The molecule has 2 aromatic rings. The lowest BCUT2D eigenvalue weighted by Gasteiger charge is -2.31. The molecule has 12 nitrogen and oxygen atoms in total. The number of nitrogens with zero attached hydrogens (tertiary/aromatic N) is 4. The molecule has 0 atom stereocenters. The van der Waals surface area contributed by atoms with Gasteiger partial charge in [-0.1, -0.05) is 12.8 Å². The summed E-state index contributed by atoms with van der Waals surface area (Å²) >= 11 is 0. The summed E-state index contributed by atoms with van der Waals surface area (Å²) in [4.78, 5) is 49.2. The fraction of sp³-hybridized carbons (Fsp3) is 0.594.